The summed E-state index contributed by atoms with van der Waals surface area (Å²) in [6.45, 7) is 5.25. The number of aromatic nitrogens is 1. The third kappa shape index (κ3) is 4.38. The topological polar surface area (TPSA) is 62.4 Å². The Morgan fingerprint density at radius 1 is 1.35 bits per heavy atom. The number of hydrogen-bond donors (Lipinski definition) is 1. The van der Waals surface area contributed by atoms with Crippen LogP contribution < -0.4 is 5.56 Å². The van der Waals surface area contributed by atoms with Crippen molar-refractivity contribution in [2.45, 2.75) is 26.4 Å². The average molecular weight is 358 g/mol. The van der Waals surface area contributed by atoms with Gasteiger partial charge in [0, 0.05) is 23.9 Å². The molecular formula is C20H23FN2O3. The Hall–Kier alpha value is -2.47. The van der Waals surface area contributed by atoms with E-state index in [2.05, 4.69) is 18.8 Å². The van der Waals surface area contributed by atoms with Gasteiger partial charge in [-0.05, 0) is 36.1 Å². The van der Waals surface area contributed by atoms with E-state index in [1.807, 2.05) is 0 Å². The monoisotopic (exact) mass is 358 g/mol. The summed E-state index contributed by atoms with van der Waals surface area (Å²) in [5.41, 5.74) is 1.56. The van der Waals surface area contributed by atoms with E-state index in [0.717, 1.165) is 5.69 Å². The quantitative estimate of drug-likeness (QED) is 0.914. The summed E-state index contributed by atoms with van der Waals surface area (Å²) in [5, 5.41) is 0. The van der Waals surface area contributed by atoms with Crippen LogP contribution in [0.2, 0.25) is 0 Å². The van der Waals surface area contributed by atoms with E-state index < -0.39 is 0 Å². The Morgan fingerprint density at radius 2 is 2.15 bits per heavy atom. The first kappa shape index (κ1) is 18.3. The van der Waals surface area contributed by atoms with E-state index in [4.69, 9.17) is 4.74 Å². The van der Waals surface area contributed by atoms with Crippen LogP contribution in [0.5, 0.6) is 0 Å². The highest BCUT2D eigenvalue weighted by Gasteiger charge is 2.26. The van der Waals surface area contributed by atoms with Crippen LogP contribution >= 0.6 is 0 Å². The number of H-pyrrole nitrogens is 1. The number of rotatable bonds is 4. The fourth-order valence-electron chi connectivity index (χ4n) is 3.20. The van der Waals surface area contributed by atoms with E-state index in [1.54, 1.807) is 23.1 Å². The summed E-state index contributed by atoms with van der Waals surface area (Å²) < 4.78 is 19.2. The molecule has 5 nitrogen and oxygen atoms in total. The van der Waals surface area contributed by atoms with Gasteiger partial charge in [0.05, 0.1) is 13.2 Å². The van der Waals surface area contributed by atoms with E-state index in [1.165, 1.54) is 18.2 Å². The molecule has 2 heterocycles. The van der Waals surface area contributed by atoms with Gasteiger partial charge < -0.3 is 14.6 Å². The summed E-state index contributed by atoms with van der Waals surface area (Å²) >= 11 is 0. The molecule has 1 atom stereocenters. The van der Waals surface area contributed by atoms with Crippen LogP contribution in [0.3, 0.4) is 0 Å². The molecule has 0 saturated carbocycles. The van der Waals surface area contributed by atoms with Gasteiger partial charge in [0.25, 0.3) is 5.91 Å². The number of ether oxygens (including phenoxy) is 1. The summed E-state index contributed by atoms with van der Waals surface area (Å²) in [5.74, 6) is -0.162. The first-order chi connectivity index (χ1) is 12.4. The Labute approximate surface area is 151 Å². The maximum Gasteiger partial charge on any atom is 0.254 e. The summed E-state index contributed by atoms with van der Waals surface area (Å²) in [4.78, 5) is 29.2. The zero-order valence-corrected chi connectivity index (χ0v) is 15.0. The van der Waals surface area contributed by atoms with Gasteiger partial charge in [-0.3, -0.25) is 9.59 Å². The molecule has 6 heteroatoms. The van der Waals surface area contributed by atoms with Crippen LogP contribution in [-0.2, 0) is 11.2 Å². The summed E-state index contributed by atoms with van der Waals surface area (Å²) in [6.07, 6.45) is 0.325. The minimum Gasteiger partial charge on any atom is -0.370 e. The van der Waals surface area contributed by atoms with E-state index in [0.29, 0.717) is 43.2 Å². The summed E-state index contributed by atoms with van der Waals surface area (Å²) in [6, 6.07) is 9.29. The predicted molar refractivity (Wildman–Crippen MR) is 96.6 cm³/mol. The lowest BCUT2D eigenvalue weighted by Gasteiger charge is -2.33. The number of amides is 1. The molecule has 0 radical (unpaired) electrons. The number of hydrogen-bond acceptors (Lipinski definition) is 3. The molecule has 138 valence electrons. The van der Waals surface area contributed by atoms with Crippen molar-refractivity contribution in [3.05, 3.63) is 69.4 Å². The van der Waals surface area contributed by atoms with Crippen molar-refractivity contribution in [1.29, 1.82) is 0 Å². The number of benzene rings is 1. The third-order valence-corrected chi connectivity index (χ3v) is 4.35. The van der Waals surface area contributed by atoms with Gasteiger partial charge in [-0.25, -0.2) is 4.39 Å². The average Bonchev–Trinajstić information content (AvgIpc) is 2.60. The lowest BCUT2D eigenvalue weighted by atomic mass is 10.0. The molecule has 1 N–H and O–H groups in total. The van der Waals surface area contributed by atoms with Gasteiger partial charge in [-0.2, -0.15) is 0 Å². The maximum absolute atomic E-state index is 13.5. The fraction of sp³-hybridized carbons (Fsp3) is 0.400. The highest BCUT2D eigenvalue weighted by atomic mass is 19.1. The predicted octanol–water partition coefficient (Wildman–Crippen LogP) is 2.93. The number of nitrogens with zero attached hydrogens (tertiary/aromatic N) is 1. The van der Waals surface area contributed by atoms with Crippen molar-refractivity contribution in [3.63, 3.8) is 0 Å². The standard InChI is InChI=1S/C20H23FN2O3/c1-13(2)8-17-10-15(11-19(24)22-17)20(25)23-6-7-26-18(12-23)14-4-3-5-16(21)9-14/h3-5,9-11,13,18H,6-8,12H2,1-2H3,(H,22,24). The van der Waals surface area contributed by atoms with Gasteiger partial charge >= 0.3 is 0 Å². The van der Waals surface area contributed by atoms with Gasteiger partial charge in [0.2, 0.25) is 5.56 Å². The number of carbonyl (C=O) groups excluding carboxylic acids is 1. The minimum absolute atomic E-state index is 0.203. The molecule has 2 aromatic rings. The fourth-order valence-corrected chi connectivity index (χ4v) is 3.20. The molecule has 1 aromatic heterocycles. The van der Waals surface area contributed by atoms with Gasteiger partial charge in [0.15, 0.2) is 0 Å². The Balaban J connectivity index is 1.79. The molecule has 0 bridgehead atoms. The van der Waals surface area contributed by atoms with Crippen molar-refractivity contribution in [2.75, 3.05) is 19.7 Å². The third-order valence-electron chi connectivity index (χ3n) is 4.35. The molecule has 0 aliphatic carbocycles. The lowest BCUT2D eigenvalue weighted by molar-refractivity contribution is -0.0229. The number of morpholine rings is 1. The van der Waals surface area contributed by atoms with Crippen LogP contribution in [0.15, 0.2) is 41.2 Å². The number of carbonyl (C=O) groups is 1. The first-order valence-electron chi connectivity index (χ1n) is 8.82. The lowest BCUT2D eigenvalue weighted by Crippen LogP contribution is -2.42. The van der Waals surface area contributed by atoms with Crippen molar-refractivity contribution >= 4 is 5.91 Å². The van der Waals surface area contributed by atoms with E-state index >= 15 is 0 Å². The SMILES string of the molecule is CC(C)Cc1cc(C(=O)N2CCOC(c3cccc(F)c3)C2)cc(=O)[nH]1. The largest absolute Gasteiger partial charge is 0.370 e. The molecule has 1 saturated heterocycles. The van der Waals surface area contributed by atoms with Crippen LogP contribution in [0.4, 0.5) is 4.39 Å². The molecule has 1 aliphatic rings. The normalized spacial score (nSPS) is 17.5. The Bertz CT molecular complexity index is 847. The molecule has 1 aromatic carbocycles. The smallest absolute Gasteiger partial charge is 0.254 e. The molecule has 1 fully saturated rings. The second-order valence-corrected chi connectivity index (χ2v) is 7.02. The van der Waals surface area contributed by atoms with E-state index in [9.17, 15) is 14.0 Å². The summed E-state index contributed by atoms with van der Waals surface area (Å²) in [7, 11) is 0. The highest BCUT2D eigenvalue weighted by molar-refractivity contribution is 5.94. The number of pyridine rings is 1. The van der Waals surface area contributed by atoms with Crippen LogP contribution in [0.1, 0.15) is 41.6 Å². The minimum atomic E-state index is -0.375. The Kier molecular flexibility index (Phi) is 5.52. The van der Waals surface area contributed by atoms with Gasteiger partial charge in [-0.15, -0.1) is 0 Å². The zero-order valence-electron chi connectivity index (χ0n) is 15.0. The van der Waals surface area contributed by atoms with E-state index in [-0.39, 0.29) is 23.4 Å². The van der Waals surface area contributed by atoms with Crippen molar-refractivity contribution in [2.24, 2.45) is 5.92 Å². The number of halogens is 1. The molecule has 26 heavy (non-hydrogen) atoms. The van der Waals surface area contributed by atoms with Crippen molar-refractivity contribution < 1.29 is 13.9 Å². The van der Waals surface area contributed by atoms with Gasteiger partial charge in [0.1, 0.15) is 11.9 Å². The first-order valence-corrected chi connectivity index (χ1v) is 8.82. The van der Waals surface area contributed by atoms with Crippen LogP contribution in [0.25, 0.3) is 0 Å². The zero-order chi connectivity index (χ0) is 18.7. The molecule has 1 unspecified atom stereocenters. The number of aromatic amines is 1. The van der Waals surface area contributed by atoms with Crippen LogP contribution in [-0.4, -0.2) is 35.5 Å². The molecule has 1 amide bonds. The maximum atomic E-state index is 13.5. The van der Waals surface area contributed by atoms with Crippen molar-refractivity contribution in [1.82, 2.24) is 9.88 Å². The molecule has 3 rings (SSSR count). The second-order valence-electron chi connectivity index (χ2n) is 7.02. The van der Waals surface area contributed by atoms with Crippen molar-refractivity contribution in [3.8, 4) is 0 Å². The Morgan fingerprint density at radius 3 is 2.88 bits per heavy atom. The molecule has 0 spiro atoms. The molecule has 1 aliphatic heterocycles. The molecular weight excluding hydrogens is 335 g/mol. The van der Waals surface area contributed by atoms with Crippen LogP contribution in [0, 0.1) is 11.7 Å². The van der Waals surface area contributed by atoms with Gasteiger partial charge in [-0.1, -0.05) is 26.0 Å². The number of nitrogens with one attached hydrogen (secondary N) is 1. The second kappa shape index (κ2) is 7.83. The highest BCUT2D eigenvalue weighted by Crippen LogP contribution is 2.24.